The third-order valence-electron chi connectivity index (χ3n) is 3.65. The normalized spacial score (nSPS) is 30.7. The fourth-order valence-corrected chi connectivity index (χ4v) is 2.31. The maximum Gasteiger partial charge on any atom is 0.407 e. The molecule has 1 aliphatic rings. The van der Waals surface area contributed by atoms with E-state index in [1.165, 1.54) is 0 Å². The summed E-state index contributed by atoms with van der Waals surface area (Å²) >= 11 is 0. The molecule has 1 aromatic carbocycles. The maximum absolute atomic E-state index is 11.6. The van der Waals surface area contributed by atoms with E-state index in [-0.39, 0.29) is 13.2 Å². The summed E-state index contributed by atoms with van der Waals surface area (Å²) in [5, 5.41) is 40.6. The molecule has 0 saturated carbocycles. The summed E-state index contributed by atoms with van der Waals surface area (Å²) in [6.07, 6.45) is -6.94. The molecule has 1 fully saturated rings. The molecule has 1 saturated heterocycles. The number of hydrogen-bond donors (Lipinski definition) is 5. The summed E-state index contributed by atoms with van der Waals surface area (Å²) in [5.74, 6) is 0. The van der Waals surface area contributed by atoms with Gasteiger partial charge in [0, 0.05) is 6.54 Å². The van der Waals surface area contributed by atoms with Crippen LogP contribution in [0.2, 0.25) is 0 Å². The van der Waals surface area contributed by atoms with E-state index in [4.69, 9.17) is 14.6 Å². The Morgan fingerprint density at radius 2 is 1.74 bits per heavy atom. The van der Waals surface area contributed by atoms with Crippen LogP contribution in [0, 0.1) is 0 Å². The van der Waals surface area contributed by atoms with Gasteiger partial charge in [0.15, 0.2) is 0 Å². The van der Waals surface area contributed by atoms with Crippen molar-refractivity contribution in [2.45, 2.75) is 37.1 Å². The van der Waals surface area contributed by atoms with Crippen LogP contribution in [0.5, 0.6) is 0 Å². The van der Waals surface area contributed by atoms with Crippen LogP contribution in [-0.4, -0.2) is 70.2 Å². The highest BCUT2D eigenvalue weighted by Gasteiger charge is 2.43. The number of aliphatic hydroxyl groups excluding tert-OH is 4. The molecular formula is C15H21NO7. The molecule has 0 radical (unpaired) electrons. The lowest BCUT2D eigenvalue weighted by molar-refractivity contribution is -0.227. The van der Waals surface area contributed by atoms with Gasteiger partial charge in [-0.15, -0.1) is 0 Å². The van der Waals surface area contributed by atoms with Gasteiger partial charge in [-0.1, -0.05) is 30.3 Å². The zero-order valence-corrected chi connectivity index (χ0v) is 12.4. The van der Waals surface area contributed by atoms with Gasteiger partial charge in [0.1, 0.15) is 37.1 Å². The molecule has 0 spiro atoms. The van der Waals surface area contributed by atoms with Gasteiger partial charge in [-0.25, -0.2) is 4.79 Å². The number of amides is 1. The zero-order valence-electron chi connectivity index (χ0n) is 12.4. The number of hydrogen-bond acceptors (Lipinski definition) is 7. The number of nitrogens with one attached hydrogen (secondary N) is 1. The van der Waals surface area contributed by atoms with Gasteiger partial charge < -0.3 is 35.2 Å². The molecule has 1 amide bonds. The minimum absolute atomic E-state index is 0.0986. The molecule has 8 nitrogen and oxygen atoms in total. The van der Waals surface area contributed by atoms with E-state index in [0.29, 0.717) is 0 Å². The van der Waals surface area contributed by atoms with Gasteiger partial charge >= 0.3 is 6.09 Å². The third-order valence-corrected chi connectivity index (χ3v) is 3.65. The first-order valence-corrected chi connectivity index (χ1v) is 7.28. The Morgan fingerprint density at radius 3 is 2.39 bits per heavy atom. The van der Waals surface area contributed by atoms with Gasteiger partial charge in [0.2, 0.25) is 0 Å². The Labute approximate surface area is 133 Å². The maximum atomic E-state index is 11.6. The quantitative estimate of drug-likeness (QED) is 0.457. The van der Waals surface area contributed by atoms with Crippen LogP contribution in [0.1, 0.15) is 5.56 Å². The van der Waals surface area contributed by atoms with Crippen molar-refractivity contribution in [3.63, 3.8) is 0 Å². The minimum Gasteiger partial charge on any atom is -0.445 e. The van der Waals surface area contributed by atoms with Crippen molar-refractivity contribution in [1.29, 1.82) is 0 Å². The standard InChI is InChI=1S/C15H21NO7/c17-7-11-13(19)14(20)12(18)10(23-11)6-16-15(21)22-8-9-4-2-1-3-5-9/h1-5,10-14,17-20H,6-8H2,(H,16,21)/t10-,11+,12-,13+,14+/m0/s1. The molecule has 2 rings (SSSR count). The molecule has 5 atom stereocenters. The van der Waals surface area contributed by atoms with Crippen LogP contribution < -0.4 is 5.32 Å². The minimum atomic E-state index is -1.46. The van der Waals surface area contributed by atoms with Crippen LogP contribution in [0.4, 0.5) is 4.79 Å². The highest BCUT2D eigenvalue weighted by Crippen LogP contribution is 2.20. The van der Waals surface area contributed by atoms with E-state index in [9.17, 15) is 20.1 Å². The van der Waals surface area contributed by atoms with Crippen LogP contribution in [-0.2, 0) is 16.1 Å². The van der Waals surface area contributed by atoms with Gasteiger partial charge in [0.25, 0.3) is 0 Å². The first-order valence-electron chi connectivity index (χ1n) is 7.28. The molecule has 128 valence electrons. The average molecular weight is 327 g/mol. The first-order chi connectivity index (χ1) is 11.0. The summed E-state index contributed by atoms with van der Waals surface area (Å²) in [5.41, 5.74) is 0.829. The van der Waals surface area contributed by atoms with E-state index in [2.05, 4.69) is 5.32 Å². The molecule has 1 heterocycles. The van der Waals surface area contributed by atoms with Crippen molar-refractivity contribution >= 4 is 6.09 Å². The number of carbonyl (C=O) groups is 1. The fraction of sp³-hybridized carbons (Fsp3) is 0.533. The van der Waals surface area contributed by atoms with Gasteiger partial charge in [-0.05, 0) is 5.56 Å². The van der Waals surface area contributed by atoms with Crippen molar-refractivity contribution < 1.29 is 34.7 Å². The molecular weight excluding hydrogens is 306 g/mol. The molecule has 0 aromatic heterocycles. The zero-order chi connectivity index (χ0) is 16.8. The van der Waals surface area contributed by atoms with Gasteiger partial charge in [0.05, 0.1) is 6.61 Å². The van der Waals surface area contributed by atoms with Gasteiger partial charge in [-0.2, -0.15) is 0 Å². The van der Waals surface area contributed by atoms with E-state index >= 15 is 0 Å². The summed E-state index contributed by atoms with van der Waals surface area (Å²) in [6, 6.07) is 9.12. The SMILES string of the molecule is O=C(NC[C@@H]1O[C@H](CO)[C@@H](O)[C@H](O)[C@H]1O)OCc1ccccc1. The summed E-state index contributed by atoms with van der Waals surface area (Å²) in [6.45, 7) is -0.545. The number of carbonyl (C=O) groups excluding carboxylic acids is 1. The number of rotatable bonds is 5. The molecule has 5 N–H and O–H groups in total. The highest BCUT2D eigenvalue weighted by molar-refractivity contribution is 5.67. The van der Waals surface area contributed by atoms with Crippen LogP contribution in [0.15, 0.2) is 30.3 Å². The van der Waals surface area contributed by atoms with Crippen LogP contribution in [0.25, 0.3) is 0 Å². The molecule has 0 bridgehead atoms. The Kier molecular flexibility index (Phi) is 6.31. The Bertz CT molecular complexity index is 496. The topological polar surface area (TPSA) is 128 Å². The van der Waals surface area contributed by atoms with Crippen LogP contribution in [0.3, 0.4) is 0 Å². The molecule has 1 aromatic rings. The number of benzene rings is 1. The predicted molar refractivity (Wildman–Crippen MR) is 78.4 cm³/mol. The third kappa shape index (κ3) is 4.63. The second kappa shape index (κ2) is 8.23. The lowest BCUT2D eigenvalue weighted by atomic mass is 9.95. The number of aliphatic hydroxyl groups is 4. The summed E-state index contributed by atoms with van der Waals surface area (Å²) in [4.78, 5) is 11.6. The Hall–Kier alpha value is -1.71. The smallest absolute Gasteiger partial charge is 0.407 e. The molecule has 0 unspecified atom stereocenters. The predicted octanol–water partition coefficient (Wildman–Crippen LogP) is -1.24. The number of alkyl carbamates (subject to hydrolysis) is 1. The van der Waals surface area contributed by atoms with Crippen molar-refractivity contribution in [2.75, 3.05) is 13.2 Å². The lowest BCUT2D eigenvalue weighted by Gasteiger charge is -2.40. The van der Waals surface area contributed by atoms with E-state index in [1.54, 1.807) is 0 Å². The molecule has 8 heteroatoms. The fourth-order valence-electron chi connectivity index (χ4n) is 2.31. The second-order valence-corrected chi connectivity index (χ2v) is 5.31. The van der Waals surface area contributed by atoms with E-state index in [1.807, 2.05) is 30.3 Å². The molecule has 0 aliphatic carbocycles. The average Bonchev–Trinajstić information content (AvgIpc) is 2.58. The van der Waals surface area contributed by atoms with E-state index < -0.39 is 43.2 Å². The molecule has 23 heavy (non-hydrogen) atoms. The Morgan fingerprint density at radius 1 is 1.09 bits per heavy atom. The van der Waals surface area contributed by atoms with Crippen molar-refractivity contribution in [3.05, 3.63) is 35.9 Å². The second-order valence-electron chi connectivity index (χ2n) is 5.31. The summed E-state index contributed by atoms with van der Waals surface area (Å²) in [7, 11) is 0. The molecule has 1 aliphatic heterocycles. The van der Waals surface area contributed by atoms with Crippen molar-refractivity contribution in [3.8, 4) is 0 Å². The summed E-state index contributed by atoms with van der Waals surface area (Å²) < 4.78 is 10.3. The number of ether oxygens (including phenoxy) is 2. The highest BCUT2D eigenvalue weighted by atomic mass is 16.6. The van der Waals surface area contributed by atoms with Crippen LogP contribution >= 0.6 is 0 Å². The largest absolute Gasteiger partial charge is 0.445 e. The van der Waals surface area contributed by atoms with Crippen molar-refractivity contribution in [2.24, 2.45) is 0 Å². The monoisotopic (exact) mass is 327 g/mol. The van der Waals surface area contributed by atoms with Crippen molar-refractivity contribution in [1.82, 2.24) is 5.32 Å². The first kappa shape index (κ1) is 17.6. The lowest BCUT2D eigenvalue weighted by Crippen LogP contribution is -2.60. The van der Waals surface area contributed by atoms with Gasteiger partial charge in [-0.3, -0.25) is 0 Å². The Balaban J connectivity index is 1.79. The van der Waals surface area contributed by atoms with E-state index in [0.717, 1.165) is 5.56 Å².